The fourth-order valence-corrected chi connectivity index (χ4v) is 2.00. The van der Waals surface area contributed by atoms with Crippen LogP contribution in [0.5, 0.6) is 0 Å². The molecule has 17 heavy (non-hydrogen) atoms. The van der Waals surface area contributed by atoms with Crippen molar-refractivity contribution in [2.24, 2.45) is 0 Å². The van der Waals surface area contributed by atoms with E-state index in [0.717, 1.165) is 11.1 Å². The zero-order valence-electron chi connectivity index (χ0n) is 9.47. The lowest BCUT2D eigenvalue weighted by Crippen LogP contribution is -2.24. The largest absolute Gasteiger partial charge is 0.238 e. The molecule has 0 aliphatic carbocycles. The topological polar surface area (TPSA) is 18.5 Å². The molecule has 0 saturated carbocycles. The van der Waals surface area contributed by atoms with E-state index < -0.39 is 5.06 Å². The lowest BCUT2D eigenvalue weighted by Gasteiger charge is -2.25. The molecule has 0 aliphatic heterocycles. The quantitative estimate of drug-likeness (QED) is 0.467. The second kappa shape index (κ2) is 5.32. The summed E-state index contributed by atoms with van der Waals surface area (Å²) in [5, 5.41) is -1.11. The van der Waals surface area contributed by atoms with E-state index in [-0.39, 0.29) is 0 Å². The molecular weight excluding hydrogens is 236 g/mol. The van der Waals surface area contributed by atoms with Gasteiger partial charge in [0, 0.05) is 11.1 Å². The molecule has 2 rings (SSSR count). The maximum atomic E-state index is 6.54. The smallest absolute Gasteiger partial charge is 0.226 e. The summed E-state index contributed by atoms with van der Waals surface area (Å²) in [4.78, 5) is 10.1. The van der Waals surface area contributed by atoms with Crippen LogP contribution >= 0.6 is 11.6 Å². The summed E-state index contributed by atoms with van der Waals surface area (Å²) in [7, 11) is 1.45. The highest BCUT2D eigenvalue weighted by atomic mass is 35.5. The first-order valence-electron chi connectivity index (χ1n) is 5.29. The molecule has 0 bridgehead atoms. The number of benzene rings is 2. The Kier molecular flexibility index (Phi) is 3.79. The first kappa shape index (κ1) is 12.1. The van der Waals surface area contributed by atoms with Gasteiger partial charge in [0.05, 0.1) is 7.11 Å². The minimum absolute atomic E-state index is 0.828. The van der Waals surface area contributed by atoms with Crippen LogP contribution in [0.1, 0.15) is 11.1 Å². The summed E-state index contributed by atoms with van der Waals surface area (Å²) >= 11 is 6.54. The zero-order valence-corrected chi connectivity index (χ0v) is 10.2. The molecule has 0 atom stereocenters. The average Bonchev–Trinajstić information content (AvgIpc) is 2.41. The van der Waals surface area contributed by atoms with Gasteiger partial charge in [-0.05, 0) is 0 Å². The lowest BCUT2D eigenvalue weighted by molar-refractivity contribution is -0.313. The maximum absolute atomic E-state index is 6.54. The van der Waals surface area contributed by atoms with Gasteiger partial charge in [-0.1, -0.05) is 72.3 Å². The molecule has 0 radical (unpaired) electrons. The molecule has 88 valence electrons. The summed E-state index contributed by atoms with van der Waals surface area (Å²) < 4.78 is 0. The number of hydrogen-bond donors (Lipinski definition) is 0. The van der Waals surface area contributed by atoms with E-state index >= 15 is 0 Å². The van der Waals surface area contributed by atoms with E-state index in [1.807, 2.05) is 60.7 Å². The normalized spacial score (nSPS) is 11.4. The fraction of sp³-hybridized carbons (Fsp3) is 0.143. The molecule has 0 unspecified atom stereocenters. The van der Waals surface area contributed by atoms with E-state index in [9.17, 15) is 0 Å². The molecule has 0 fully saturated rings. The van der Waals surface area contributed by atoms with E-state index in [1.165, 1.54) is 7.11 Å². The highest BCUT2D eigenvalue weighted by Crippen LogP contribution is 2.37. The van der Waals surface area contributed by atoms with Crippen LogP contribution in [-0.2, 0) is 14.8 Å². The predicted octanol–water partition coefficient (Wildman–Crippen LogP) is 3.70. The minimum atomic E-state index is -1.11. The summed E-state index contributed by atoms with van der Waals surface area (Å²) in [6.45, 7) is 0. The third kappa shape index (κ3) is 2.50. The SMILES string of the molecule is COOC(Cl)(c1ccccc1)c1ccccc1. The Hall–Kier alpha value is -1.35. The van der Waals surface area contributed by atoms with Crippen LogP contribution in [0.3, 0.4) is 0 Å². The molecule has 0 amide bonds. The molecule has 0 N–H and O–H groups in total. The fourth-order valence-electron chi connectivity index (χ4n) is 1.68. The second-order valence-electron chi connectivity index (χ2n) is 3.58. The molecule has 3 heteroatoms. The molecule has 0 saturated heterocycles. The van der Waals surface area contributed by atoms with E-state index in [2.05, 4.69) is 0 Å². The Morgan fingerprint density at radius 2 is 1.24 bits per heavy atom. The monoisotopic (exact) mass is 248 g/mol. The molecule has 0 aliphatic rings. The van der Waals surface area contributed by atoms with E-state index in [1.54, 1.807) is 0 Å². The highest BCUT2D eigenvalue weighted by molar-refractivity contribution is 6.24. The number of hydrogen-bond acceptors (Lipinski definition) is 2. The van der Waals surface area contributed by atoms with Crippen molar-refractivity contribution in [3.63, 3.8) is 0 Å². The van der Waals surface area contributed by atoms with Crippen molar-refractivity contribution >= 4 is 11.6 Å². The summed E-state index contributed by atoms with van der Waals surface area (Å²) in [6.07, 6.45) is 0. The summed E-state index contributed by atoms with van der Waals surface area (Å²) in [6, 6.07) is 19.1. The number of rotatable bonds is 4. The van der Waals surface area contributed by atoms with Crippen LogP contribution in [0.15, 0.2) is 60.7 Å². The van der Waals surface area contributed by atoms with Crippen LogP contribution in [0.2, 0.25) is 0 Å². The van der Waals surface area contributed by atoms with Gasteiger partial charge in [0.25, 0.3) is 0 Å². The van der Waals surface area contributed by atoms with Crippen molar-refractivity contribution in [1.29, 1.82) is 0 Å². The van der Waals surface area contributed by atoms with Crippen molar-refractivity contribution in [3.05, 3.63) is 71.8 Å². The molecule has 2 nitrogen and oxygen atoms in total. The van der Waals surface area contributed by atoms with Gasteiger partial charge < -0.3 is 0 Å². The third-order valence-corrected chi connectivity index (χ3v) is 2.99. The lowest BCUT2D eigenvalue weighted by atomic mass is 10.0. The Labute approximate surface area is 106 Å². The Balaban J connectivity index is 2.47. The van der Waals surface area contributed by atoms with Crippen LogP contribution in [0, 0.1) is 0 Å². The Bertz CT molecular complexity index is 417. The second-order valence-corrected chi connectivity index (χ2v) is 4.11. The molecule has 0 aromatic heterocycles. The Morgan fingerprint density at radius 1 is 0.824 bits per heavy atom. The average molecular weight is 249 g/mol. The van der Waals surface area contributed by atoms with Crippen molar-refractivity contribution in [3.8, 4) is 0 Å². The molecule has 2 aromatic rings. The first-order valence-corrected chi connectivity index (χ1v) is 5.67. The van der Waals surface area contributed by atoms with Gasteiger partial charge in [0.2, 0.25) is 5.06 Å². The Morgan fingerprint density at radius 3 is 1.59 bits per heavy atom. The zero-order chi connectivity index (χ0) is 12.1. The predicted molar refractivity (Wildman–Crippen MR) is 67.6 cm³/mol. The molecular formula is C14H13ClO2. The minimum Gasteiger partial charge on any atom is -0.238 e. The van der Waals surface area contributed by atoms with Crippen LogP contribution in [-0.4, -0.2) is 7.11 Å². The molecule has 0 heterocycles. The van der Waals surface area contributed by atoms with Gasteiger partial charge in [0.1, 0.15) is 0 Å². The van der Waals surface area contributed by atoms with Gasteiger partial charge >= 0.3 is 0 Å². The van der Waals surface area contributed by atoms with Gasteiger partial charge in [-0.3, -0.25) is 0 Å². The van der Waals surface area contributed by atoms with Crippen molar-refractivity contribution < 1.29 is 9.78 Å². The first-order chi connectivity index (χ1) is 8.27. The van der Waals surface area contributed by atoms with Gasteiger partial charge in [-0.25, -0.2) is 9.78 Å². The van der Waals surface area contributed by atoms with Gasteiger partial charge in [-0.2, -0.15) is 0 Å². The highest BCUT2D eigenvalue weighted by Gasteiger charge is 2.34. The maximum Gasteiger partial charge on any atom is 0.226 e. The van der Waals surface area contributed by atoms with Gasteiger partial charge in [-0.15, -0.1) is 0 Å². The van der Waals surface area contributed by atoms with Crippen LogP contribution < -0.4 is 0 Å². The third-order valence-electron chi connectivity index (χ3n) is 2.49. The summed E-state index contributed by atoms with van der Waals surface area (Å²) in [5.74, 6) is 0. The number of alkyl halides is 1. The van der Waals surface area contributed by atoms with Crippen LogP contribution in [0.25, 0.3) is 0 Å². The molecule has 2 aromatic carbocycles. The van der Waals surface area contributed by atoms with Crippen LogP contribution in [0.4, 0.5) is 0 Å². The molecule has 0 spiro atoms. The van der Waals surface area contributed by atoms with Crippen molar-refractivity contribution in [2.45, 2.75) is 5.06 Å². The van der Waals surface area contributed by atoms with Crippen molar-refractivity contribution in [1.82, 2.24) is 0 Å². The van der Waals surface area contributed by atoms with Crippen molar-refractivity contribution in [2.75, 3.05) is 7.11 Å². The van der Waals surface area contributed by atoms with Gasteiger partial charge in [0.15, 0.2) is 0 Å². The summed E-state index contributed by atoms with van der Waals surface area (Å²) in [5.41, 5.74) is 1.66. The van der Waals surface area contributed by atoms with E-state index in [0.29, 0.717) is 0 Å². The van der Waals surface area contributed by atoms with E-state index in [4.69, 9.17) is 21.4 Å². The standard InChI is InChI=1S/C14H13ClO2/c1-16-17-14(15,12-8-4-2-5-9-12)13-10-6-3-7-11-13/h2-11H,1H3. The number of halogens is 1.